The third-order valence-corrected chi connectivity index (χ3v) is 4.45. The Bertz CT molecular complexity index is 707. The number of hydrogen-bond acceptors (Lipinski definition) is 3. The summed E-state index contributed by atoms with van der Waals surface area (Å²) in [6, 6.07) is 12.9. The summed E-state index contributed by atoms with van der Waals surface area (Å²) in [6.45, 7) is 1.94. The Morgan fingerprint density at radius 1 is 1.15 bits per heavy atom. The number of carbonyl (C=O) groups is 2. The number of carboxylic acid groups (broad SMARTS) is 1. The molecule has 0 aliphatic rings. The molecule has 0 aliphatic carbocycles. The molecule has 0 spiro atoms. The second-order valence-corrected chi connectivity index (χ2v) is 6.34. The van der Waals surface area contributed by atoms with Gasteiger partial charge in [-0.3, -0.25) is 9.78 Å². The fraction of sp³-hybridized carbons (Fsp3) is 0.350. The summed E-state index contributed by atoms with van der Waals surface area (Å²) in [6.07, 6.45) is 4.39. The Morgan fingerprint density at radius 2 is 1.81 bits per heavy atom. The van der Waals surface area contributed by atoms with Crippen LogP contribution in [0.4, 0.5) is 4.79 Å². The van der Waals surface area contributed by atoms with E-state index in [2.05, 4.69) is 10.3 Å². The van der Waals surface area contributed by atoms with Crippen molar-refractivity contribution in [2.24, 2.45) is 0 Å². The molecule has 2 amide bonds. The van der Waals surface area contributed by atoms with Crippen molar-refractivity contribution in [1.82, 2.24) is 15.2 Å². The lowest BCUT2D eigenvalue weighted by molar-refractivity contribution is -0.137. The Hall–Kier alpha value is -2.89. The normalized spacial score (nSPS) is 12.8. The SMILES string of the molecule is CC(c1ccncc1)N(C)C(=O)NC(CCC(=O)O)Cc1ccccc1. The number of carbonyl (C=O) groups excluding carboxylic acids is 1. The summed E-state index contributed by atoms with van der Waals surface area (Å²) in [4.78, 5) is 29.2. The van der Waals surface area contributed by atoms with Crippen molar-refractivity contribution in [2.45, 2.75) is 38.3 Å². The number of benzene rings is 1. The van der Waals surface area contributed by atoms with Crippen LogP contribution in [-0.4, -0.2) is 40.1 Å². The zero-order chi connectivity index (χ0) is 18.9. The van der Waals surface area contributed by atoms with Gasteiger partial charge in [0.05, 0.1) is 6.04 Å². The highest BCUT2D eigenvalue weighted by atomic mass is 16.4. The zero-order valence-corrected chi connectivity index (χ0v) is 15.1. The molecule has 1 aromatic carbocycles. The summed E-state index contributed by atoms with van der Waals surface area (Å²) >= 11 is 0. The largest absolute Gasteiger partial charge is 0.481 e. The highest BCUT2D eigenvalue weighted by Gasteiger charge is 2.21. The number of carboxylic acids is 1. The number of aliphatic carboxylic acids is 1. The molecular formula is C20H25N3O3. The van der Waals surface area contributed by atoms with Crippen LogP contribution < -0.4 is 5.32 Å². The molecule has 2 unspecified atom stereocenters. The predicted molar refractivity (Wildman–Crippen MR) is 99.8 cm³/mol. The summed E-state index contributed by atoms with van der Waals surface area (Å²) in [5, 5.41) is 12.0. The van der Waals surface area contributed by atoms with Crippen LogP contribution in [0, 0.1) is 0 Å². The highest BCUT2D eigenvalue weighted by Crippen LogP contribution is 2.18. The van der Waals surface area contributed by atoms with Crippen molar-refractivity contribution in [3.8, 4) is 0 Å². The second-order valence-electron chi connectivity index (χ2n) is 6.34. The summed E-state index contributed by atoms with van der Waals surface area (Å²) < 4.78 is 0. The number of rotatable bonds is 8. The van der Waals surface area contributed by atoms with Crippen LogP contribution in [0.3, 0.4) is 0 Å². The van der Waals surface area contributed by atoms with Crippen molar-refractivity contribution in [3.05, 3.63) is 66.0 Å². The van der Waals surface area contributed by atoms with Crippen LogP contribution in [0.1, 0.15) is 36.9 Å². The number of amides is 2. The van der Waals surface area contributed by atoms with E-state index < -0.39 is 5.97 Å². The van der Waals surface area contributed by atoms with Crippen molar-refractivity contribution < 1.29 is 14.7 Å². The van der Waals surface area contributed by atoms with Gasteiger partial charge in [0.25, 0.3) is 0 Å². The van der Waals surface area contributed by atoms with Gasteiger partial charge in [-0.15, -0.1) is 0 Å². The molecule has 2 atom stereocenters. The first-order valence-electron chi connectivity index (χ1n) is 8.66. The van der Waals surface area contributed by atoms with E-state index >= 15 is 0 Å². The van der Waals surface area contributed by atoms with Gasteiger partial charge in [-0.05, 0) is 43.0 Å². The Kier molecular flexibility index (Phi) is 7.14. The van der Waals surface area contributed by atoms with Crippen molar-refractivity contribution in [2.75, 3.05) is 7.05 Å². The molecule has 0 radical (unpaired) electrons. The van der Waals surface area contributed by atoms with Crippen molar-refractivity contribution in [1.29, 1.82) is 0 Å². The minimum atomic E-state index is -0.865. The minimum Gasteiger partial charge on any atom is -0.481 e. The van der Waals surface area contributed by atoms with Gasteiger partial charge < -0.3 is 15.3 Å². The highest BCUT2D eigenvalue weighted by molar-refractivity contribution is 5.75. The van der Waals surface area contributed by atoms with E-state index in [0.717, 1.165) is 11.1 Å². The van der Waals surface area contributed by atoms with Gasteiger partial charge in [-0.1, -0.05) is 30.3 Å². The number of hydrogen-bond donors (Lipinski definition) is 2. The smallest absolute Gasteiger partial charge is 0.317 e. The average molecular weight is 355 g/mol. The van der Waals surface area contributed by atoms with Crippen LogP contribution >= 0.6 is 0 Å². The number of aromatic nitrogens is 1. The molecule has 1 heterocycles. The van der Waals surface area contributed by atoms with Gasteiger partial charge in [0, 0.05) is 31.9 Å². The molecule has 2 rings (SSSR count). The van der Waals surface area contributed by atoms with E-state index in [-0.39, 0.29) is 24.5 Å². The predicted octanol–water partition coefficient (Wildman–Crippen LogP) is 3.26. The fourth-order valence-corrected chi connectivity index (χ4v) is 2.74. The van der Waals surface area contributed by atoms with Gasteiger partial charge in [0.2, 0.25) is 0 Å². The summed E-state index contributed by atoms with van der Waals surface area (Å²) in [7, 11) is 1.73. The molecule has 6 nitrogen and oxygen atoms in total. The maximum atomic E-state index is 12.7. The quantitative estimate of drug-likeness (QED) is 0.761. The first-order valence-corrected chi connectivity index (χ1v) is 8.66. The van der Waals surface area contributed by atoms with Crippen molar-refractivity contribution in [3.63, 3.8) is 0 Å². The third kappa shape index (κ3) is 5.88. The van der Waals surface area contributed by atoms with E-state index in [1.807, 2.05) is 49.4 Å². The topological polar surface area (TPSA) is 82.5 Å². The molecule has 138 valence electrons. The van der Waals surface area contributed by atoms with E-state index in [1.165, 1.54) is 0 Å². The molecule has 0 aliphatic heterocycles. The summed E-state index contributed by atoms with van der Waals surface area (Å²) in [5.74, 6) is -0.865. The second kappa shape index (κ2) is 9.56. The molecule has 1 aromatic heterocycles. The molecular weight excluding hydrogens is 330 g/mol. The molecule has 0 saturated heterocycles. The number of nitrogens with zero attached hydrogens (tertiary/aromatic N) is 2. The average Bonchev–Trinajstić information content (AvgIpc) is 2.66. The van der Waals surface area contributed by atoms with Gasteiger partial charge in [0.1, 0.15) is 0 Å². The number of pyridine rings is 1. The van der Waals surface area contributed by atoms with Crippen LogP contribution in [-0.2, 0) is 11.2 Å². The number of nitrogens with one attached hydrogen (secondary N) is 1. The van der Waals surface area contributed by atoms with Gasteiger partial charge >= 0.3 is 12.0 Å². The maximum Gasteiger partial charge on any atom is 0.317 e. The van der Waals surface area contributed by atoms with Gasteiger partial charge in [-0.25, -0.2) is 4.79 Å². The van der Waals surface area contributed by atoms with E-state index in [1.54, 1.807) is 24.3 Å². The minimum absolute atomic E-state index is 0.0153. The Morgan fingerprint density at radius 3 is 2.42 bits per heavy atom. The van der Waals surface area contributed by atoms with Crippen LogP contribution in [0.25, 0.3) is 0 Å². The van der Waals surface area contributed by atoms with E-state index in [4.69, 9.17) is 5.11 Å². The van der Waals surface area contributed by atoms with Crippen molar-refractivity contribution >= 4 is 12.0 Å². The number of urea groups is 1. The molecule has 2 N–H and O–H groups in total. The molecule has 2 aromatic rings. The zero-order valence-electron chi connectivity index (χ0n) is 15.1. The van der Waals surface area contributed by atoms with Crippen LogP contribution in [0.15, 0.2) is 54.9 Å². The lowest BCUT2D eigenvalue weighted by atomic mass is 10.0. The third-order valence-electron chi connectivity index (χ3n) is 4.45. The van der Waals surface area contributed by atoms with Gasteiger partial charge in [-0.2, -0.15) is 0 Å². The van der Waals surface area contributed by atoms with E-state index in [9.17, 15) is 9.59 Å². The van der Waals surface area contributed by atoms with Gasteiger partial charge in [0.15, 0.2) is 0 Å². The first kappa shape index (κ1) is 19.4. The lowest BCUT2D eigenvalue weighted by Gasteiger charge is -2.28. The van der Waals surface area contributed by atoms with Crippen LogP contribution in [0.5, 0.6) is 0 Å². The van der Waals surface area contributed by atoms with Crippen LogP contribution in [0.2, 0.25) is 0 Å². The Labute approximate surface area is 153 Å². The van der Waals surface area contributed by atoms with E-state index in [0.29, 0.717) is 12.8 Å². The maximum absolute atomic E-state index is 12.7. The molecule has 26 heavy (non-hydrogen) atoms. The fourth-order valence-electron chi connectivity index (χ4n) is 2.74. The lowest BCUT2D eigenvalue weighted by Crippen LogP contribution is -2.45. The molecule has 0 saturated carbocycles. The monoisotopic (exact) mass is 355 g/mol. The Balaban J connectivity index is 2.02. The summed E-state index contributed by atoms with van der Waals surface area (Å²) in [5.41, 5.74) is 2.05. The molecule has 0 bridgehead atoms. The first-order chi connectivity index (χ1) is 12.5. The molecule has 0 fully saturated rings. The molecule has 6 heteroatoms. The standard InChI is InChI=1S/C20H25N3O3/c1-15(17-10-12-21-13-11-17)23(2)20(26)22-18(8-9-19(24)25)14-16-6-4-3-5-7-16/h3-7,10-13,15,18H,8-9,14H2,1-2H3,(H,22,26)(H,24,25).